The largest absolute Gasteiger partial charge is 0.313 e. The maximum atomic E-state index is 6.41. The summed E-state index contributed by atoms with van der Waals surface area (Å²) in [7, 11) is 2.05. The van der Waals surface area contributed by atoms with Crippen LogP contribution in [0, 0.1) is 29.6 Å². The highest BCUT2D eigenvalue weighted by Gasteiger charge is 2.66. The molecule has 1 aromatic carbocycles. The van der Waals surface area contributed by atoms with Gasteiger partial charge in [-0.15, -0.1) is 0 Å². The second kappa shape index (κ2) is 4.38. The van der Waals surface area contributed by atoms with Crippen LogP contribution < -0.4 is 5.32 Å². The van der Waals surface area contributed by atoms with E-state index in [1.54, 1.807) is 0 Å². The van der Waals surface area contributed by atoms with Gasteiger partial charge in [0.05, 0.1) is 10.0 Å². The Kier molecular flexibility index (Phi) is 2.88. The molecule has 1 N–H and O–H groups in total. The molecular weight excluding hydrogens is 277 g/mol. The molecule has 0 amide bonds. The molecule has 0 aliphatic heterocycles. The van der Waals surface area contributed by atoms with Crippen molar-refractivity contribution in [1.82, 2.24) is 5.32 Å². The zero-order chi connectivity index (χ0) is 13.1. The first kappa shape index (κ1) is 12.5. The van der Waals surface area contributed by atoms with E-state index < -0.39 is 0 Å². The van der Waals surface area contributed by atoms with Crippen LogP contribution in [0.3, 0.4) is 0 Å². The topological polar surface area (TPSA) is 12.0 Å². The van der Waals surface area contributed by atoms with Crippen molar-refractivity contribution in [2.45, 2.75) is 25.3 Å². The zero-order valence-electron chi connectivity index (χ0n) is 11.1. The SMILES string of the molecule is CNC(c1cccc(Cl)c1Cl)C1C2C3CCC(C3)C21. The summed E-state index contributed by atoms with van der Waals surface area (Å²) in [5, 5.41) is 4.91. The predicted octanol–water partition coefficient (Wildman–Crippen LogP) is 4.55. The van der Waals surface area contributed by atoms with Crippen molar-refractivity contribution in [3.8, 4) is 0 Å². The van der Waals surface area contributed by atoms with Crippen LogP contribution in [0.1, 0.15) is 30.9 Å². The second-order valence-electron chi connectivity index (χ2n) is 6.47. The average Bonchev–Trinajstić information content (AvgIpc) is 2.82. The Hall–Kier alpha value is -0.240. The van der Waals surface area contributed by atoms with Crippen molar-refractivity contribution < 1.29 is 0 Å². The lowest BCUT2D eigenvalue weighted by Gasteiger charge is -2.22. The van der Waals surface area contributed by atoms with Gasteiger partial charge in [-0.1, -0.05) is 35.3 Å². The van der Waals surface area contributed by atoms with E-state index in [2.05, 4.69) is 18.4 Å². The molecule has 0 heterocycles. The lowest BCUT2D eigenvalue weighted by Crippen LogP contribution is -2.22. The van der Waals surface area contributed by atoms with Crippen LogP contribution in [0.5, 0.6) is 0 Å². The van der Waals surface area contributed by atoms with Gasteiger partial charge in [-0.25, -0.2) is 0 Å². The maximum absolute atomic E-state index is 6.41. The van der Waals surface area contributed by atoms with E-state index in [1.165, 1.54) is 24.8 Å². The smallest absolute Gasteiger partial charge is 0.0640 e. The summed E-state index contributed by atoms with van der Waals surface area (Å²) in [6.45, 7) is 0. The van der Waals surface area contributed by atoms with E-state index in [9.17, 15) is 0 Å². The normalized spacial score (nSPS) is 40.3. The third kappa shape index (κ3) is 1.71. The summed E-state index contributed by atoms with van der Waals surface area (Å²) >= 11 is 12.6. The molecule has 0 aromatic heterocycles. The minimum atomic E-state index is 0.379. The number of fused-ring (bicyclic) bond motifs is 5. The number of rotatable bonds is 3. The Labute approximate surface area is 124 Å². The van der Waals surface area contributed by atoms with Gasteiger partial charge in [0.2, 0.25) is 0 Å². The van der Waals surface area contributed by atoms with Crippen molar-refractivity contribution in [2.24, 2.45) is 29.6 Å². The van der Waals surface area contributed by atoms with Crippen molar-refractivity contribution in [3.05, 3.63) is 33.8 Å². The summed E-state index contributed by atoms with van der Waals surface area (Å²) in [4.78, 5) is 0. The van der Waals surface area contributed by atoms with Gasteiger partial charge in [-0.3, -0.25) is 0 Å². The fourth-order valence-electron chi connectivity index (χ4n) is 5.15. The fraction of sp³-hybridized carbons (Fsp3) is 0.625. The minimum Gasteiger partial charge on any atom is -0.313 e. The Morgan fingerprint density at radius 2 is 1.84 bits per heavy atom. The summed E-state index contributed by atoms with van der Waals surface area (Å²) in [5.41, 5.74) is 1.19. The van der Waals surface area contributed by atoms with Crippen molar-refractivity contribution in [1.29, 1.82) is 0 Å². The molecule has 2 bridgehead atoms. The predicted molar refractivity (Wildman–Crippen MR) is 79.6 cm³/mol. The van der Waals surface area contributed by atoms with Gasteiger partial charge in [0.1, 0.15) is 0 Å². The first-order chi connectivity index (χ1) is 9.22. The highest BCUT2D eigenvalue weighted by Crippen LogP contribution is 2.72. The Morgan fingerprint density at radius 1 is 1.16 bits per heavy atom. The summed E-state index contributed by atoms with van der Waals surface area (Å²) < 4.78 is 0. The summed E-state index contributed by atoms with van der Waals surface area (Å²) in [5.74, 6) is 4.67. The summed E-state index contributed by atoms with van der Waals surface area (Å²) in [6.07, 6.45) is 4.41. The molecule has 4 rings (SSSR count). The summed E-state index contributed by atoms with van der Waals surface area (Å²) in [6, 6.07) is 6.40. The van der Waals surface area contributed by atoms with E-state index in [-0.39, 0.29) is 0 Å². The Balaban J connectivity index is 1.65. The molecule has 1 nitrogen and oxygen atoms in total. The standard InChI is InChI=1S/C16H19Cl2N/c1-19-16(10-3-2-4-11(17)15(10)18)14-12-8-5-6-9(7-8)13(12)14/h2-4,8-9,12-14,16,19H,5-7H2,1H3. The number of nitrogens with one attached hydrogen (secondary N) is 1. The van der Waals surface area contributed by atoms with Gasteiger partial charge in [0.15, 0.2) is 0 Å². The fourth-order valence-corrected chi connectivity index (χ4v) is 5.58. The average molecular weight is 296 g/mol. The monoisotopic (exact) mass is 295 g/mol. The quantitative estimate of drug-likeness (QED) is 0.863. The Bertz CT molecular complexity index is 499. The lowest BCUT2D eigenvalue weighted by molar-refractivity contribution is 0.385. The van der Waals surface area contributed by atoms with Gasteiger partial charge in [-0.05, 0) is 67.5 Å². The highest BCUT2D eigenvalue weighted by molar-refractivity contribution is 6.42. The molecule has 3 saturated carbocycles. The van der Waals surface area contributed by atoms with E-state index >= 15 is 0 Å². The highest BCUT2D eigenvalue weighted by atomic mass is 35.5. The molecule has 0 spiro atoms. The van der Waals surface area contributed by atoms with Crippen molar-refractivity contribution in [2.75, 3.05) is 7.05 Å². The van der Waals surface area contributed by atoms with E-state index in [0.29, 0.717) is 11.1 Å². The van der Waals surface area contributed by atoms with Crippen LogP contribution in [-0.4, -0.2) is 7.05 Å². The number of hydrogen-bond acceptors (Lipinski definition) is 1. The van der Waals surface area contributed by atoms with Crippen molar-refractivity contribution >= 4 is 23.2 Å². The molecule has 102 valence electrons. The Morgan fingerprint density at radius 3 is 2.47 bits per heavy atom. The number of benzene rings is 1. The molecule has 1 aromatic rings. The second-order valence-corrected chi connectivity index (χ2v) is 7.26. The van der Waals surface area contributed by atoms with E-state index in [4.69, 9.17) is 23.2 Å². The number of halogens is 2. The molecule has 0 radical (unpaired) electrons. The van der Waals surface area contributed by atoms with E-state index in [0.717, 1.165) is 34.6 Å². The first-order valence-corrected chi connectivity index (χ1v) is 8.09. The van der Waals surface area contributed by atoms with Gasteiger partial charge in [0.25, 0.3) is 0 Å². The molecule has 19 heavy (non-hydrogen) atoms. The molecule has 3 heteroatoms. The van der Waals surface area contributed by atoms with E-state index in [1.807, 2.05) is 12.1 Å². The van der Waals surface area contributed by atoms with Crippen LogP contribution >= 0.6 is 23.2 Å². The molecule has 5 unspecified atom stereocenters. The molecular formula is C16H19Cl2N. The minimum absolute atomic E-state index is 0.379. The maximum Gasteiger partial charge on any atom is 0.0640 e. The van der Waals surface area contributed by atoms with Crippen LogP contribution in [0.25, 0.3) is 0 Å². The molecule has 3 fully saturated rings. The van der Waals surface area contributed by atoms with Gasteiger partial charge < -0.3 is 5.32 Å². The van der Waals surface area contributed by atoms with Crippen molar-refractivity contribution in [3.63, 3.8) is 0 Å². The molecule has 5 atom stereocenters. The lowest BCUT2D eigenvalue weighted by atomic mass is 9.93. The van der Waals surface area contributed by atoms with Gasteiger partial charge in [-0.2, -0.15) is 0 Å². The van der Waals surface area contributed by atoms with Crippen LogP contribution in [-0.2, 0) is 0 Å². The van der Waals surface area contributed by atoms with Gasteiger partial charge in [0, 0.05) is 6.04 Å². The van der Waals surface area contributed by atoms with Crippen LogP contribution in [0.15, 0.2) is 18.2 Å². The van der Waals surface area contributed by atoms with Gasteiger partial charge >= 0.3 is 0 Å². The van der Waals surface area contributed by atoms with Crippen LogP contribution in [0.2, 0.25) is 10.0 Å². The molecule has 3 aliphatic rings. The third-order valence-corrected chi connectivity index (χ3v) is 6.64. The number of hydrogen-bond donors (Lipinski definition) is 1. The zero-order valence-corrected chi connectivity index (χ0v) is 12.6. The first-order valence-electron chi connectivity index (χ1n) is 7.33. The molecule has 0 saturated heterocycles. The molecule has 3 aliphatic carbocycles. The van der Waals surface area contributed by atoms with Crippen LogP contribution in [0.4, 0.5) is 0 Å². The third-order valence-electron chi connectivity index (χ3n) is 5.81.